The van der Waals surface area contributed by atoms with Gasteiger partial charge in [-0.05, 0) is 67.8 Å². The maximum atomic E-state index is 12.8. The molecule has 166 valence electrons. The van der Waals surface area contributed by atoms with Gasteiger partial charge in [0, 0.05) is 13.1 Å². The van der Waals surface area contributed by atoms with E-state index in [9.17, 15) is 14.4 Å². The van der Waals surface area contributed by atoms with Crippen LogP contribution in [0.25, 0.3) is 6.08 Å². The summed E-state index contributed by atoms with van der Waals surface area (Å²) < 4.78 is 12.1. The number of rotatable bonds is 5. The lowest BCUT2D eigenvalue weighted by atomic mass is 10.1. The number of hydrogen-bond donors (Lipinski definition) is 1. The van der Waals surface area contributed by atoms with Crippen LogP contribution in [-0.2, 0) is 19.1 Å². The van der Waals surface area contributed by atoms with Gasteiger partial charge in [0.15, 0.2) is 6.61 Å². The first-order valence-electron chi connectivity index (χ1n) is 9.83. The van der Waals surface area contributed by atoms with Gasteiger partial charge in [-0.2, -0.15) is 0 Å². The molecule has 1 N–H and O–H groups in total. The average molecular weight is 565 g/mol. The van der Waals surface area contributed by atoms with Gasteiger partial charge in [-0.3, -0.25) is 19.8 Å². The molecule has 0 unspecified atom stereocenters. The molecule has 2 saturated heterocycles. The second-order valence-electron chi connectivity index (χ2n) is 7.07. The highest BCUT2D eigenvalue weighted by Crippen LogP contribution is 2.36. The van der Waals surface area contributed by atoms with Gasteiger partial charge < -0.3 is 14.4 Å². The lowest BCUT2D eigenvalue weighted by Gasteiger charge is -2.26. The predicted octanol–water partition coefficient (Wildman–Crippen LogP) is 2.91. The number of hydrogen-bond acceptors (Lipinski definition) is 5. The molecule has 2 heterocycles. The Hall–Kier alpha value is -2.69. The number of halogens is 2. The van der Waals surface area contributed by atoms with Crippen molar-refractivity contribution < 1.29 is 23.9 Å². The highest BCUT2D eigenvalue weighted by atomic mass is 79.9. The minimum Gasteiger partial charge on any atom is -0.481 e. The molecule has 0 radical (unpaired) electrons. The fourth-order valence-corrected chi connectivity index (χ4v) is 4.77. The molecular weight excluding hydrogens is 546 g/mol. The van der Waals surface area contributed by atoms with Crippen LogP contribution in [-0.4, -0.2) is 55.5 Å². The molecule has 2 aromatic carbocycles. The monoisotopic (exact) mass is 563 g/mol. The number of amides is 3. The molecule has 0 spiro atoms. The van der Waals surface area contributed by atoms with E-state index in [4.69, 9.17) is 9.47 Å². The van der Waals surface area contributed by atoms with Crippen LogP contribution in [0.5, 0.6) is 5.75 Å². The SMILES string of the molecule is O=C1NN(c2ccccc2)C(=O)/C1=C\c1cc(Br)c(OCC(=O)N2CCOCC2)c(Br)c1. The van der Waals surface area contributed by atoms with E-state index in [2.05, 4.69) is 37.3 Å². The summed E-state index contributed by atoms with van der Waals surface area (Å²) in [6.45, 7) is 2.04. The number of anilines is 1. The van der Waals surface area contributed by atoms with Gasteiger partial charge in [-0.25, -0.2) is 5.01 Å². The molecule has 2 fully saturated rings. The smallest absolute Gasteiger partial charge is 0.282 e. The van der Waals surface area contributed by atoms with Gasteiger partial charge in [0.2, 0.25) is 0 Å². The van der Waals surface area contributed by atoms with Crippen molar-refractivity contribution in [1.29, 1.82) is 0 Å². The molecular formula is C22H19Br2N3O5. The fourth-order valence-electron chi connectivity index (χ4n) is 3.32. The number of carbonyl (C=O) groups is 3. The number of nitrogens with zero attached hydrogens (tertiary/aromatic N) is 2. The topological polar surface area (TPSA) is 88.2 Å². The van der Waals surface area contributed by atoms with E-state index in [1.807, 2.05) is 6.07 Å². The molecule has 2 aliphatic heterocycles. The summed E-state index contributed by atoms with van der Waals surface area (Å²) in [6.07, 6.45) is 1.51. The maximum Gasteiger partial charge on any atom is 0.282 e. The van der Waals surface area contributed by atoms with E-state index in [-0.39, 0.29) is 18.1 Å². The number of para-hydroxylation sites is 1. The van der Waals surface area contributed by atoms with E-state index in [0.29, 0.717) is 52.2 Å². The van der Waals surface area contributed by atoms with Crippen LogP contribution in [0, 0.1) is 0 Å². The third kappa shape index (κ3) is 4.87. The number of carbonyl (C=O) groups excluding carboxylic acids is 3. The molecule has 2 aromatic rings. The van der Waals surface area contributed by atoms with Crippen LogP contribution in [0.2, 0.25) is 0 Å². The van der Waals surface area contributed by atoms with Crippen LogP contribution in [0.3, 0.4) is 0 Å². The zero-order valence-corrected chi connectivity index (χ0v) is 20.0. The summed E-state index contributed by atoms with van der Waals surface area (Å²) in [5, 5.41) is 1.22. The van der Waals surface area contributed by atoms with Crippen LogP contribution in [0.4, 0.5) is 5.69 Å². The Morgan fingerprint density at radius 3 is 2.41 bits per heavy atom. The van der Waals surface area contributed by atoms with Gasteiger partial charge in [0.1, 0.15) is 11.3 Å². The maximum absolute atomic E-state index is 12.8. The summed E-state index contributed by atoms with van der Waals surface area (Å²) in [4.78, 5) is 39.2. The van der Waals surface area contributed by atoms with Gasteiger partial charge >= 0.3 is 0 Å². The molecule has 0 aromatic heterocycles. The molecule has 0 atom stereocenters. The highest BCUT2D eigenvalue weighted by Gasteiger charge is 2.34. The third-order valence-electron chi connectivity index (χ3n) is 4.94. The van der Waals surface area contributed by atoms with Crippen molar-refractivity contribution in [1.82, 2.24) is 10.3 Å². The predicted molar refractivity (Wildman–Crippen MR) is 125 cm³/mol. The van der Waals surface area contributed by atoms with E-state index >= 15 is 0 Å². The first-order valence-corrected chi connectivity index (χ1v) is 11.4. The van der Waals surface area contributed by atoms with Crippen molar-refractivity contribution in [3.05, 3.63) is 62.5 Å². The zero-order chi connectivity index (χ0) is 22.7. The normalized spacial score (nSPS) is 17.6. The van der Waals surface area contributed by atoms with Gasteiger partial charge in [0.05, 0.1) is 27.8 Å². The minimum absolute atomic E-state index is 0.0174. The van der Waals surface area contributed by atoms with Crippen LogP contribution >= 0.6 is 31.9 Å². The molecule has 10 heteroatoms. The minimum atomic E-state index is -0.484. The zero-order valence-electron chi connectivity index (χ0n) is 16.8. The Morgan fingerprint density at radius 1 is 1.09 bits per heavy atom. The lowest BCUT2D eigenvalue weighted by molar-refractivity contribution is -0.137. The van der Waals surface area contributed by atoms with Crippen molar-refractivity contribution >= 4 is 61.3 Å². The summed E-state index contributed by atoms with van der Waals surface area (Å²) in [6, 6.07) is 12.3. The first-order chi connectivity index (χ1) is 15.4. The molecule has 4 rings (SSSR count). The Kier molecular flexibility index (Phi) is 6.92. The number of ether oxygens (including phenoxy) is 2. The van der Waals surface area contributed by atoms with Gasteiger partial charge in [0.25, 0.3) is 17.7 Å². The molecule has 32 heavy (non-hydrogen) atoms. The Morgan fingerprint density at radius 2 is 1.75 bits per heavy atom. The Balaban J connectivity index is 1.49. The lowest BCUT2D eigenvalue weighted by Crippen LogP contribution is -2.43. The second-order valence-corrected chi connectivity index (χ2v) is 8.78. The Labute approximate surface area is 201 Å². The number of nitrogens with one attached hydrogen (secondary N) is 1. The first kappa shape index (κ1) is 22.5. The van der Waals surface area contributed by atoms with Crippen LogP contribution < -0.4 is 15.2 Å². The average Bonchev–Trinajstić information content (AvgIpc) is 3.08. The summed E-state index contributed by atoms with van der Waals surface area (Å²) in [7, 11) is 0. The summed E-state index contributed by atoms with van der Waals surface area (Å²) >= 11 is 6.89. The molecule has 0 bridgehead atoms. The molecule has 0 aliphatic carbocycles. The summed E-state index contributed by atoms with van der Waals surface area (Å²) in [5.41, 5.74) is 3.78. The van der Waals surface area contributed by atoms with Crippen molar-refractivity contribution in [3.63, 3.8) is 0 Å². The standard InChI is InChI=1S/C22H19Br2N3O5/c23-17-11-14(10-16-21(29)25-27(22(16)30)15-4-2-1-3-5-15)12-18(24)20(17)32-13-19(28)26-6-8-31-9-7-26/h1-5,10-12H,6-9,13H2,(H,25,29)/b16-10-. The highest BCUT2D eigenvalue weighted by molar-refractivity contribution is 9.11. The number of hydrazine groups is 1. The van der Waals surface area contributed by atoms with Crippen LogP contribution in [0.1, 0.15) is 5.56 Å². The van der Waals surface area contributed by atoms with Gasteiger partial charge in [-0.1, -0.05) is 18.2 Å². The van der Waals surface area contributed by atoms with Crippen LogP contribution in [0.15, 0.2) is 57.0 Å². The van der Waals surface area contributed by atoms with Gasteiger partial charge in [-0.15, -0.1) is 0 Å². The van der Waals surface area contributed by atoms with E-state index in [1.165, 1.54) is 11.1 Å². The second kappa shape index (κ2) is 9.85. The molecule has 0 saturated carbocycles. The number of benzene rings is 2. The van der Waals surface area contributed by atoms with E-state index in [0.717, 1.165) is 0 Å². The largest absolute Gasteiger partial charge is 0.481 e. The summed E-state index contributed by atoms with van der Waals surface area (Å²) in [5.74, 6) is -0.582. The van der Waals surface area contributed by atoms with Crippen molar-refractivity contribution in [2.24, 2.45) is 0 Å². The molecule has 2 aliphatic rings. The Bertz CT molecular complexity index is 1060. The van der Waals surface area contributed by atoms with Crippen molar-refractivity contribution in [2.45, 2.75) is 0 Å². The van der Waals surface area contributed by atoms with Crippen molar-refractivity contribution in [3.8, 4) is 5.75 Å². The molecule has 3 amide bonds. The quantitative estimate of drug-likeness (QED) is 0.446. The van der Waals surface area contributed by atoms with Crippen molar-refractivity contribution in [2.75, 3.05) is 37.9 Å². The third-order valence-corrected chi connectivity index (χ3v) is 6.12. The van der Waals surface area contributed by atoms with E-state index in [1.54, 1.807) is 41.3 Å². The van der Waals surface area contributed by atoms with E-state index < -0.39 is 11.8 Å². The fraction of sp³-hybridized carbons (Fsp3) is 0.227. The number of morpholine rings is 1. The molecule has 8 nitrogen and oxygen atoms in total.